The van der Waals surface area contributed by atoms with Crippen molar-refractivity contribution >= 4 is 46.1 Å². The smallest absolute Gasteiger partial charge is 0.253 e. The molecule has 1 atom stereocenters. The predicted molar refractivity (Wildman–Crippen MR) is 135 cm³/mol. The summed E-state index contributed by atoms with van der Waals surface area (Å²) in [5.74, 6) is 1.17. The first-order valence-electron chi connectivity index (χ1n) is 10.8. The second-order valence-electron chi connectivity index (χ2n) is 7.59. The van der Waals surface area contributed by atoms with Gasteiger partial charge in [0.15, 0.2) is 5.16 Å². The van der Waals surface area contributed by atoms with Gasteiger partial charge in [-0.1, -0.05) is 54.2 Å². The fourth-order valence-electron chi connectivity index (χ4n) is 3.88. The van der Waals surface area contributed by atoms with Crippen LogP contribution in [0.1, 0.15) is 40.5 Å². The van der Waals surface area contributed by atoms with Gasteiger partial charge < -0.3 is 4.57 Å². The molecule has 1 aliphatic rings. The van der Waals surface area contributed by atoms with Gasteiger partial charge in [-0.3, -0.25) is 4.79 Å². The lowest BCUT2D eigenvalue weighted by molar-refractivity contribution is -0.130. The zero-order valence-corrected chi connectivity index (χ0v) is 20.6. The van der Waals surface area contributed by atoms with Crippen molar-refractivity contribution in [3.05, 3.63) is 86.5 Å². The number of nitrogens with zero attached hydrogens (tertiary/aromatic N) is 5. The number of aromatic nitrogens is 3. The van der Waals surface area contributed by atoms with E-state index >= 15 is 0 Å². The highest BCUT2D eigenvalue weighted by atomic mass is 32.2. The van der Waals surface area contributed by atoms with E-state index in [0.717, 1.165) is 45.8 Å². The maximum absolute atomic E-state index is 13.3. The van der Waals surface area contributed by atoms with E-state index in [1.807, 2.05) is 41.1 Å². The molecule has 1 amide bonds. The van der Waals surface area contributed by atoms with Gasteiger partial charge in [-0.05, 0) is 35.4 Å². The summed E-state index contributed by atoms with van der Waals surface area (Å²) in [5, 5.41) is 20.1. The van der Waals surface area contributed by atoms with Gasteiger partial charge in [-0.25, -0.2) is 5.01 Å². The number of hydrazone groups is 1. The fraction of sp³-hybridized carbons (Fsp3) is 0.250. The summed E-state index contributed by atoms with van der Waals surface area (Å²) in [6.45, 7) is 2.84. The SMILES string of the molecule is CCn1c(Cc2ccccc2)nnc1SCC(=O)N1N=C(c2cccs2)C[C@H]1c1cccs1. The second-order valence-corrected chi connectivity index (χ2v) is 10.5. The Morgan fingerprint density at radius 1 is 1.06 bits per heavy atom. The van der Waals surface area contributed by atoms with E-state index < -0.39 is 0 Å². The molecule has 9 heteroatoms. The lowest BCUT2D eigenvalue weighted by atomic mass is 10.1. The molecule has 0 unspecified atom stereocenters. The quantitative estimate of drug-likeness (QED) is 0.305. The molecule has 6 nitrogen and oxygen atoms in total. The molecule has 0 radical (unpaired) electrons. The zero-order valence-electron chi connectivity index (χ0n) is 18.1. The third-order valence-electron chi connectivity index (χ3n) is 5.48. The number of hydrogen-bond donors (Lipinski definition) is 0. The molecule has 3 aromatic heterocycles. The molecule has 0 saturated carbocycles. The number of hydrogen-bond acceptors (Lipinski definition) is 7. The van der Waals surface area contributed by atoms with Crippen LogP contribution >= 0.6 is 34.4 Å². The first-order valence-corrected chi connectivity index (χ1v) is 13.5. The number of carbonyl (C=O) groups is 1. The van der Waals surface area contributed by atoms with Crippen molar-refractivity contribution in [1.29, 1.82) is 0 Å². The van der Waals surface area contributed by atoms with Gasteiger partial charge in [0.1, 0.15) is 5.82 Å². The van der Waals surface area contributed by atoms with Gasteiger partial charge in [-0.2, -0.15) is 5.10 Å². The molecular weight excluding hydrogens is 470 g/mol. The number of amides is 1. The van der Waals surface area contributed by atoms with E-state index in [4.69, 9.17) is 5.10 Å². The molecule has 1 aliphatic heterocycles. The van der Waals surface area contributed by atoms with E-state index in [1.54, 1.807) is 27.7 Å². The molecule has 5 rings (SSSR count). The van der Waals surface area contributed by atoms with Crippen LogP contribution in [0.2, 0.25) is 0 Å². The van der Waals surface area contributed by atoms with Gasteiger partial charge in [0.2, 0.25) is 0 Å². The van der Waals surface area contributed by atoms with E-state index in [9.17, 15) is 4.79 Å². The first-order chi connectivity index (χ1) is 16.2. The molecular formula is C24H23N5OS3. The summed E-state index contributed by atoms with van der Waals surface area (Å²) in [7, 11) is 0. The maximum Gasteiger partial charge on any atom is 0.253 e. The van der Waals surface area contributed by atoms with Gasteiger partial charge in [0.05, 0.1) is 22.4 Å². The van der Waals surface area contributed by atoms with E-state index in [-0.39, 0.29) is 17.7 Å². The summed E-state index contributed by atoms with van der Waals surface area (Å²) in [6.07, 6.45) is 1.46. The number of thiophene rings is 2. The van der Waals surface area contributed by atoms with Crippen molar-refractivity contribution < 1.29 is 4.79 Å². The molecule has 33 heavy (non-hydrogen) atoms. The highest BCUT2D eigenvalue weighted by Crippen LogP contribution is 2.36. The van der Waals surface area contributed by atoms with Crippen molar-refractivity contribution in [1.82, 2.24) is 19.8 Å². The Kier molecular flexibility index (Phi) is 6.70. The maximum atomic E-state index is 13.3. The molecule has 4 heterocycles. The lowest BCUT2D eigenvalue weighted by Crippen LogP contribution is -2.28. The van der Waals surface area contributed by atoms with Crippen molar-refractivity contribution in [2.24, 2.45) is 5.10 Å². The highest BCUT2D eigenvalue weighted by Gasteiger charge is 2.34. The monoisotopic (exact) mass is 493 g/mol. The third-order valence-corrected chi connectivity index (χ3v) is 8.33. The van der Waals surface area contributed by atoms with Crippen molar-refractivity contribution in [3.8, 4) is 0 Å². The molecule has 0 aliphatic carbocycles. The molecule has 0 saturated heterocycles. The first kappa shape index (κ1) is 22.1. The summed E-state index contributed by atoms with van der Waals surface area (Å²) in [6, 6.07) is 18.4. The number of carbonyl (C=O) groups excluding carboxylic acids is 1. The highest BCUT2D eigenvalue weighted by molar-refractivity contribution is 7.99. The average molecular weight is 494 g/mol. The Morgan fingerprint density at radius 2 is 1.88 bits per heavy atom. The van der Waals surface area contributed by atoms with Gasteiger partial charge in [0, 0.05) is 24.3 Å². The van der Waals surface area contributed by atoms with Gasteiger partial charge in [-0.15, -0.1) is 32.9 Å². The van der Waals surface area contributed by atoms with Crippen LogP contribution in [0.25, 0.3) is 0 Å². The van der Waals surface area contributed by atoms with Crippen LogP contribution < -0.4 is 0 Å². The zero-order chi connectivity index (χ0) is 22.6. The van der Waals surface area contributed by atoms with Crippen LogP contribution in [-0.2, 0) is 17.8 Å². The van der Waals surface area contributed by atoms with E-state index in [1.165, 1.54) is 17.3 Å². The number of benzene rings is 1. The standard InChI is InChI=1S/C24H23N5OS3/c1-2-28-22(14-17-8-4-3-5-9-17)25-26-24(28)33-16-23(30)29-19(21-11-7-13-32-21)15-18(27-29)20-10-6-12-31-20/h3-13,19H,2,14-16H2,1H3/t19-/m0/s1. The Morgan fingerprint density at radius 3 is 2.61 bits per heavy atom. The summed E-state index contributed by atoms with van der Waals surface area (Å²) >= 11 is 4.76. The lowest BCUT2D eigenvalue weighted by Gasteiger charge is -2.20. The third kappa shape index (κ3) is 4.80. The molecule has 1 aromatic carbocycles. The molecule has 0 bridgehead atoms. The minimum Gasteiger partial charge on any atom is -0.306 e. The normalized spacial score (nSPS) is 15.7. The summed E-state index contributed by atoms with van der Waals surface area (Å²) in [5.41, 5.74) is 2.17. The molecule has 0 spiro atoms. The van der Waals surface area contributed by atoms with Crippen LogP contribution in [0.15, 0.2) is 75.6 Å². The molecule has 168 valence electrons. The molecule has 4 aromatic rings. The topological polar surface area (TPSA) is 63.4 Å². The Labute approximate surface area is 205 Å². The Hall–Kier alpha value is -2.75. The van der Waals surface area contributed by atoms with E-state index in [2.05, 4.69) is 46.0 Å². The second kappa shape index (κ2) is 10.0. The summed E-state index contributed by atoms with van der Waals surface area (Å²) in [4.78, 5) is 15.6. The van der Waals surface area contributed by atoms with Crippen LogP contribution in [0.4, 0.5) is 0 Å². The van der Waals surface area contributed by atoms with Gasteiger partial charge in [0.25, 0.3) is 5.91 Å². The van der Waals surface area contributed by atoms with Gasteiger partial charge >= 0.3 is 0 Å². The number of rotatable bonds is 8. The summed E-state index contributed by atoms with van der Waals surface area (Å²) < 4.78 is 2.09. The predicted octanol–water partition coefficient (Wildman–Crippen LogP) is 5.48. The molecule has 0 N–H and O–H groups in total. The van der Waals surface area contributed by atoms with E-state index in [0.29, 0.717) is 0 Å². The van der Waals surface area contributed by atoms with Crippen LogP contribution in [0, 0.1) is 0 Å². The number of thioether (sulfide) groups is 1. The van der Waals surface area contributed by atoms with Crippen molar-refractivity contribution in [2.45, 2.75) is 37.5 Å². The minimum atomic E-state index is -0.0483. The van der Waals surface area contributed by atoms with Crippen molar-refractivity contribution in [2.75, 3.05) is 5.75 Å². The Balaban J connectivity index is 1.31. The van der Waals surface area contributed by atoms with Crippen LogP contribution in [0.3, 0.4) is 0 Å². The largest absolute Gasteiger partial charge is 0.306 e. The molecule has 0 fully saturated rings. The fourth-order valence-corrected chi connectivity index (χ4v) is 6.29. The van der Waals surface area contributed by atoms with Crippen LogP contribution in [0.5, 0.6) is 0 Å². The average Bonchev–Trinajstić information content (AvgIpc) is 3.64. The minimum absolute atomic E-state index is 0.0137. The van der Waals surface area contributed by atoms with Crippen molar-refractivity contribution in [3.63, 3.8) is 0 Å². The van der Waals surface area contributed by atoms with Crippen LogP contribution in [-0.4, -0.2) is 37.1 Å². The Bertz CT molecular complexity index is 1230.